The van der Waals surface area contributed by atoms with Crippen molar-refractivity contribution >= 4 is 11.3 Å². The molecule has 0 radical (unpaired) electrons. The van der Waals surface area contributed by atoms with E-state index in [1.807, 2.05) is 24.3 Å². The first-order chi connectivity index (χ1) is 10.2. The van der Waals surface area contributed by atoms with Gasteiger partial charge in [0, 0.05) is 23.2 Å². The van der Waals surface area contributed by atoms with Crippen LogP contribution < -0.4 is 0 Å². The highest BCUT2D eigenvalue weighted by Crippen LogP contribution is 2.35. The van der Waals surface area contributed by atoms with E-state index >= 15 is 0 Å². The van der Waals surface area contributed by atoms with Crippen molar-refractivity contribution in [2.45, 2.75) is 20.4 Å². The van der Waals surface area contributed by atoms with E-state index in [1.165, 1.54) is 0 Å². The summed E-state index contributed by atoms with van der Waals surface area (Å²) in [4.78, 5) is 4.44. The summed E-state index contributed by atoms with van der Waals surface area (Å²) >= 11 is 0. The van der Waals surface area contributed by atoms with E-state index in [4.69, 9.17) is 0 Å². The van der Waals surface area contributed by atoms with Crippen molar-refractivity contribution in [3.05, 3.63) is 65.4 Å². The Balaban J connectivity index is 2.30. The smallest absolute Gasteiger partial charge is 0.138 e. The van der Waals surface area contributed by atoms with Crippen LogP contribution in [0.3, 0.4) is 0 Å². The van der Waals surface area contributed by atoms with Gasteiger partial charge in [-0.2, -0.15) is 0 Å². The first-order valence-electron chi connectivity index (χ1n) is 6.95. The second-order valence-corrected chi connectivity index (χ2v) is 5.53. The van der Waals surface area contributed by atoms with Gasteiger partial charge < -0.3 is 9.77 Å². The summed E-state index contributed by atoms with van der Waals surface area (Å²) in [5, 5.41) is 12.9. The van der Waals surface area contributed by atoms with Gasteiger partial charge in [-0.3, -0.25) is 0 Å². The van der Waals surface area contributed by atoms with E-state index in [1.54, 1.807) is 6.33 Å². The van der Waals surface area contributed by atoms with E-state index < -0.39 is 0 Å². The van der Waals surface area contributed by atoms with E-state index in [0.29, 0.717) is 17.3 Å². The van der Waals surface area contributed by atoms with Crippen molar-refractivity contribution in [3.8, 4) is 0 Å². The zero-order chi connectivity index (χ0) is 15.0. The maximum Gasteiger partial charge on any atom is 0.138 e. The van der Waals surface area contributed by atoms with Gasteiger partial charge in [-0.25, -0.2) is 4.98 Å². The number of hydrogen-bond donors (Lipinski definition) is 1. The van der Waals surface area contributed by atoms with Crippen molar-refractivity contribution in [1.29, 1.82) is 0 Å². The number of aromatic nitrogens is 2. The number of oxime groups is 1. The molecule has 0 bridgehead atoms. The third-order valence-corrected chi connectivity index (χ3v) is 3.59. The highest BCUT2D eigenvalue weighted by Gasteiger charge is 2.30. The second-order valence-electron chi connectivity index (χ2n) is 5.53. The molecule has 1 aliphatic rings. The molecule has 0 saturated carbocycles. The lowest BCUT2D eigenvalue weighted by molar-refractivity contribution is 0.319. The molecule has 1 aromatic heterocycles. The second kappa shape index (κ2) is 5.08. The molecule has 4 heteroatoms. The van der Waals surface area contributed by atoms with Crippen molar-refractivity contribution in [3.63, 3.8) is 0 Å². The van der Waals surface area contributed by atoms with Crippen LogP contribution >= 0.6 is 0 Å². The van der Waals surface area contributed by atoms with Gasteiger partial charge in [0.1, 0.15) is 11.4 Å². The highest BCUT2D eigenvalue weighted by atomic mass is 16.4. The summed E-state index contributed by atoms with van der Waals surface area (Å²) in [6.07, 6.45) is 1.79. The van der Waals surface area contributed by atoms with Gasteiger partial charge in [0.05, 0.1) is 12.0 Å². The minimum absolute atomic E-state index is 0.487. The molecule has 0 amide bonds. The van der Waals surface area contributed by atoms with E-state index in [-0.39, 0.29) is 0 Å². The van der Waals surface area contributed by atoms with Crippen LogP contribution in [-0.4, -0.2) is 20.5 Å². The summed E-state index contributed by atoms with van der Waals surface area (Å²) in [6, 6.07) is 7.79. The summed E-state index contributed by atoms with van der Waals surface area (Å²) in [5.41, 5.74) is 7.87. The van der Waals surface area contributed by atoms with Crippen LogP contribution in [0.25, 0.3) is 5.57 Å². The predicted octanol–water partition coefficient (Wildman–Crippen LogP) is 3.30. The van der Waals surface area contributed by atoms with E-state index in [0.717, 1.165) is 28.9 Å². The molecule has 1 heterocycles. The van der Waals surface area contributed by atoms with Crippen LogP contribution in [0.15, 0.2) is 48.1 Å². The first kappa shape index (κ1) is 13.4. The zero-order valence-corrected chi connectivity index (χ0v) is 12.2. The van der Waals surface area contributed by atoms with Crippen LogP contribution in [0.1, 0.15) is 36.4 Å². The third-order valence-electron chi connectivity index (χ3n) is 3.59. The van der Waals surface area contributed by atoms with Gasteiger partial charge in [0.2, 0.25) is 0 Å². The Morgan fingerprint density at radius 1 is 1.33 bits per heavy atom. The number of nitrogens with zero attached hydrogens (tertiary/aromatic N) is 3. The monoisotopic (exact) mass is 279 g/mol. The highest BCUT2D eigenvalue weighted by molar-refractivity contribution is 6.19. The van der Waals surface area contributed by atoms with Crippen LogP contribution in [0.5, 0.6) is 0 Å². The Bertz CT molecular complexity index is 777. The summed E-state index contributed by atoms with van der Waals surface area (Å²) < 4.78 is 2.08. The maximum absolute atomic E-state index is 9.43. The summed E-state index contributed by atoms with van der Waals surface area (Å²) in [5.74, 6) is 0.487. The zero-order valence-electron chi connectivity index (χ0n) is 12.2. The molecule has 0 spiro atoms. The van der Waals surface area contributed by atoms with Crippen molar-refractivity contribution in [1.82, 2.24) is 9.55 Å². The Morgan fingerprint density at radius 3 is 2.67 bits per heavy atom. The SMILES string of the molecule is C=C=C1c2ccccc2/C(=N\O)c2ncn(CC(C)C)c21. The fourth-order valence-electron chi connectivity index (χ4n) is 2.79. The molecule has 1 N–H and O–H groups in total. The van der Waals surface area contributed by atoms with Crippen LogP contribution in [0.4, 0.5) is 0 Å². The Kier molecular flexibility index (Phi) is 3.24. The summed E-state index contributed by atoms with van der Waals surface area (Å²) in [6.45, 7) is 8.98. The van der Waals surface area contributed by atoms with E-state index in [2.05, 4.69) is 40.9 Å². The summed E-state index contributed by atoms with van der Waals surface area (Å²) in [7, 11) is 0. The number of imidazole rings is 1. The molecule has 2 aromatic rings. The Labute approximate surface area is 123 Å². The molecule has 0 atom stereocenters. The van der Waals surface area contributed by atoms with Crippen LogP contribution in [-0.2, 0) is 6.54 Å². The number of fused-ring (bicyclic) bond motifs is 2. The largest absolute Gasteiger partial charge is 0.410 e. The minimum atomic E-state index is 0.487. The lowest BCUT2D eigenvalue weighted by Gasteiger charge is -2.21. The van der Waals surface area contributed by atoms with Gasteiger partial charge in [0.15, 0.2) is 0 Å². The van der Waals surface area contributed by atoms with Gasteiger partial charge in [-0.1, -0.05) is 49.8 Å². The van der Waals surface area contributed by atoms with Gasteiger partial charge >= 0.3 is 0 Å². The molecular formula is C17H17N3O. The fourth-order valence-corrected chi connectivity index (χ4v) is 2.79. The third kappa shape index (κ3) is 2.01. The predicted molar refractivity (Wildman–Crippen MR) is 82.6 cm³/mol. The molecular weight excluding hydrogens is 262 g/mol. The van der Waals surface area contributed by atoms with Crippen LogP contribution in [0, 0.1) is 5.92 Å². The molecule has 4 nitrogen and oxygen atoms in total. The standard InChI is InChI=1S/C17H17N3O/c1-4-12-13-7-5-6-8-14(13)15(19-21)16-17(12)20(10-18-16)9-11(2)3/h5-8,10-11,21H,1,9H2,2-3H3/b19-15+. The topological polar surface area (TPSA) is 50.4 Å². The van der Waals surface area contributed by atoms with Gasteiger partial charge in [-0.05, 0) is 5.92 Å². The molecule has 0 fully saturated rings. The lowest BCUT2D eigenvalue weighted by Crippen LogP contribution is -2.18. The van der Waals surface area contributed by atoms with Gasteiger partial charge in [-0.15, -0.1) is 5.73 Å². The molecule has 3 rings (SSSR count). The molecule has 106 valence electrons. The average Bonchev–Trinajstić information content (AvgIpc) is 2.87. The molecule has 1 aliphatic carbocycles. The van der Waals surface area contributed by atoms with Crippen molar-refractivity contribution < 1.29 is 5.21 Å². The molecule has 0 saturated heterocycles. The van der Waals surface area contributed by atoms with Crippen LogP contribution in [0.2, 0.25) is 0 Å². The Morgan fingerprint density at radius 2 is 2.05 bits per heavy atom. The number of benzene rings is 1. The average molecular weight is 279 g/mol. The maximum atomic E-state index is 9.43. The number of rotatable bonds is 2. The molecule has 1 aromatic carbocycles. The fraction of sp³-hybridized carbons (Fsp3) is 0.235. The van der Waals surface area contributed by atoms with Crippen molar-refractivity contribution in [2.24, 2.45) is 11.1 Å². The molecule has 0 aliphatic heterocycles. The van der Waals surface area contributed by atoms with Gasteiger partial charge in [0.25, 0.3) is 0 Å². The molecule has 0 unspecified atom stereocenters. The first-order valence-corrected chi connectivity index (χ1v) is 6.95. The number of hydrogen-bond acceptors (Lipinski definition) is 3. The minimum Gasteiger partial charge on any atom is -0.410 e. The Hall–Kier alpha value is -2.58. The quantitative estimate of drug-likeness (QED) is 0.444. The molecule has 21 heavy (non-hydrogen) atoms. The van der Waals surface area contributed by atoms with E-state index in [9.17, 15) is 5.21 Å². The lowest BCUT2D eigenvalue weighted by atomic mass is 9.87. The normalized spacial score (nSPS) is 15.0. The van der Waals surface area contributed by atoms with Crippen molar-refractivity contribution in [2.75, 3.05) is 0 Å².